The molecule has 14 heteroatoms. The predicted octanol–water partition coefficient (Wildman–Crippen LogP) is 5.86. The zero-order valence-electron chi connectivity index (χ0n) is 24.8. The van der Waals surface area contributed by atoms with Crippen LogP contribution in [0.2, 0.25) is 0 Å². The molecule has 2 aliphatic heterocycles. The fraction of sp³-hybridized carbons (Fsp3) is 0.294. The molecule has 4 aliphatic rings. The van der Waals surface area contributed by atoms with E-state index in [9.17, 15) is 37.5 Å². The average molecular weight is 694 g/mol. The summed E-state index contributed by atoms with van der Waals surface area (Å²) in [5.41, 5.74) is 0.188. The maximum atomic E-state index is 14.0. The van der Waals surface area contributed by atoms with Crippen molar-refractivity contribution < 1.29 is 37.4 Å². The van der Waals surface area contributed by atoms with Gasteiger partial charge in [0.05, 0.1) is 28.1 Å². The van der Waals surface area contributed by atoms with E-state index in [-0.39, 0.29) is 45.9 Å². The summed E-state index contributed by atoms with van der Waals surface area (Å²) in [6, 6.07) is 17.5. The number of carbonyl (C=O) groups is 3. The van der Waals surface area contributed by atoms with Gasteiger partial charge in [-0.1, -0.05) is 35.6 Å². The summed E-state index contributed by atoms with van der Waals surface area (Å²) in [6.45, 7) is -0.320. The number of carbonyl (C=O) groups excluding carboxylic acids is 3. The average Bonchev–Trinajstić information content (AvgIpc) is 3.79. The minimum Gasteiger partial charge on any atom is -0.508 e. The van der Waals surface area contributed by atoms with E-state index in [1.165, 1.54) is 36.0 Å². The number of anilines is 2. The second-order valence-corrected chi connectivity index (χ2v) is 14.6. The molecule has 0 unspecified atom stereocenters. The summed E-state index contributed by atoms with van der Waals surface area (Å²) in [5, 5.41) is 12.8. The van der Waals surface area contributed by atoms with Crippen LogP contribution in [0.1, 0.15) is 28.3 Å². The number of amides is 3. The largest absolute Gasteiger partial charge is 0.508 e. The maximum absolute atomic E-state index is 14.0. The van der Waals surface area contributed by atoms with E-state index in [0.717, 1.165) is 38.8 Å². The number of ether oxygens (including phenoxy) is 1. The number of halogens is 3. The molecule has 0 radical (unpaired) electrons. The van der Waals surface area contributed by atoms with Crippen LogP contribution in [0.5, 0.6) is 11.5 Å². The molecule has 2 saturated carbocycles. The van der Waals surface area contributed by atoms with Gasteiger partial charge in [-0.3, -0.25) is 24.1 Å². The second kappa shape index (κ2) is 11.3. The number of aromatic amines is 1. The Hall–Kier alpha value is -4.56. The van der Waals surface area contributed by atoms with E-state index in [1.807, 2.05) is 12.1 Å². The van der Waals surface area contributed by atoms with E-state index >= 15 is 0 Å². The van der Waals surface area contributed by atoms with E-state index in [2.05, 4.69) is 10.3 Å². The second-order valence-electron chi connectivity index (χ2n) is 12.4. The van der Waals surface area contributed by atoms with Crippen molar-refractivity contribution in [1.82, 2.24) is 4.98 Å². The van der Waals surface area contributed by atoms with Gasteiger partial charge in [0, 0.05) is 27.3 Å². The molecule has 4 aromatic rings. The number of nitrogens with one attached hydrogen (secondary N) is 2. The fourth-order valence-corrected chi connectivity index (χ4v) is 11.1. The monoisotopic (exact) mass is 693 g/mol. The lowest BCUT2D eigenvalue weighted by molar-refractivity contribution is -0.137. The van der Waals surface area contributed by atoms with Gasteiger partial charge in [0.15, 0.2) is 6.61 Å². The first-order valence-electron chi connectivity index (χ1n) is 15.2. The van der Waals surface area contributed by atoms with Crippen molar-refractivity contribution in [3.8, 4) is 11.5 Å². The Morgan fingerprint density at radius 2 is 1.71 bits per heavy atom. The van der Waals surface area contributed by atoms with Crippen molar-refractivity contribution in [2.45, 2.75) is 28.8 Å². The van der Waals surface area contributed by atoms with Gasteiger partial charge in [0.25, 0.3) is 5.91 Å². The molecule has 3 amide bonds. The van der Waals surface area contributed by atoms with Gasteiger partial charge in [0.1, 0.15) is 11.5 Å². The van der Waals surface area contributed by atoms with Crippen LogP contribution in [-0.4, -0.2) is 39.7 Å². The fourth-order valence-electron chi connectivity index (χ4n) is 8.19. The lowest BCUT2D eigenvalue weighted by Gasteiger charge is -2.43. The lowest BCUT2D eigenvalue weighted by atomic mass is 9.68. The highest BCUT2D eigenvalue weighted by molar-refractivity contribution is 8.00. The van der Waals surface area contributed by atoms with E-state index < -0.39 is 47.2 Å². The van der Waals surface area contributed by atoms with Gasteiger partial charge in [-0.2, -0.15) is 13.2 Å². The van der Waals surface area contributed by atoms with Crippen molar-refractivity contribution in [3.63, 3.8) is 0 Å². The van der Waals surface area contributed by atoms with Crippen LogP contribution in [0.25, 0.3) is 0 Å². The molecule has 3 N–H and O–H groups in total. The number of hydrogen-bond acceptors (Lipinski definition) is 8. The van der Waals surface area contributed by atoms with Crippen molar-refractivity contribution in [1.29, 1.82) is 0 Å². The number of aromatic nitrogens is 1. The highest BCUT2D eigenvalue weighted by atomic mass is 32.2. The van der Waals surface area contributed by atoms with Crippen molar-refractivity contribution in [3.05, 3.63) is 98.5 Å². The Morgan fingerprint density at radius 3 is 2.46 bits per heavy atom. The molecule has 3 fully saturated rings. The Balaban J connectivity index is 1.12. The van der Waals surface area contributed by atoms with Crippen molar-refractivity contribution in [2.75, 3.05) is 16.8 Å². The number of para-hydroxylation sites is 1. The number of thiazole rings is 1. The number of thioether (sulfide) groups is 1. The van der Waals surface area contributed by atoms with Gasteiger partial charge in [-0.15, -0.1) is 11.8 Å². The molecule has 2 bridgehead atoms. The maximum Gasteiger partial charge on any atom is 0.416 e. The van der Waals surface area contributed by atoms with Gasteiger partial charge >= 0.3 is 11.0 Å². The normalized spacial score (nSPS) is 27.1. The Kier molecular flexibility index (Phi) is 7.22. The quantitative estimate of drug-likeness (QED) is 0.171. The van der Waals surface area contributed by atoms with Crippen LogP contribution in [-0.2, 0) is 20.6 Å². The molecule has 8 rings (SSSR count). The standard InChI is InChI=1S/C34H26F3N3O6S2/c35-34(36,37)15-4-3-5-17(12-15)40-31(43)26-20-13-21(27(26)32(40)44)28-25(20)24(29-30(47-28)39-33(45)48-29)19-6-1-2-7-22(19)46-14-23(42)38-16-8-10-18(41)11-9-16/h1-12,20-21,24-28,41H,13-14H2,(H,38,42)(H,39,45)/t20-,21-,24+,25-,26+,27+,28-/m1/s1. The zero-order chi connectivity index (χ0) is 33.5. The van der Waals surface area contributed by atoms with E-state index in [0.29, 0.717) is 22.9 Å². The Morgan fingerprint density at radius 1 is 0.979 bits per heavy atom. The number of phenolic OH excluding ortho intramolecular Hbond substituents is 1. The van der Waals surface area contributed by atoms with Crippen LogP contribution in [0.4, 0.5) is 24.5 Å². The van der Waals surface area contributed by atoms with Gasteiger partial charge in [-0.25, -0.2) is 0 Å². The zero-order valence-corrected chi connectivity index (χ0v) is 26.4. The van der Waals surface area contributed by atoms with Crippen LogP contribution >= 0.6 is 23.1 Å². The number of hydrogen-bond donors (Lipinski definition) is 3. The van der Waals surface area contributed by atoms with Gasteiger partial charge < -0.3 is 20.1 Å². The number of fused-ring (bicyclic) bond motifs is 9. The Bertz CT molecular complexity index is 2030. The first-order chi connectivity index (χ1) is 23.0. The molecule has 1 aromatic heterocycles. The summed E-state index contributed by atoms with van der Waals surface area (Å²) < 4.78 is 46.7. The highest BCUT2D eigenvalue weighted by Gasteiger charge is 2.70. The van der Waals surface area contributed by atoms with E-state index in [4.69, 9.17) is 4.74 Å². The summed E-state index contributed by atoms with van der Waals surface area (Å²) in [7, 11) is 0. The molecule has 246 valence electrons. The lowest BCUT2D eigenvalue weighted by Crippen LogP contribution is -2.42. The molecule has 2 aliphatic carbocycles. The van der Waals surface area contributed by atoms with Crippen LogP contribution in [0.15, 0.2) is 82.6 Å². The number of alkyl halides is 3. The van der Waals surface area contributed by atoms with Crippen LogP contribution in [0, 0.1) is 29.6 Å². The predicted molar refractivity (Wildman–Crippen MR) is 171 cm³/mol. The summed E-state index contributed by atoms with van der Waals surface area (Å²) in [4.78, 5) is 57.8. The third-order valence-electron chi connectivity index (χ3n) is 9.92. The highest BCUT2D eigenvalue weighted by Crippen LogP contribution is 2.69. The van der Waals surface area contributed by atoms with Gasteiger partial charge in [-0.05, 0) is 72.7 Å². The molecule has 7 atom stereocenters. The number of nitrogens with zero attached hydrogens (tertiary/aromatic N) is 1. The van der Waals surface area contributed by atoms with Crippen molar-refractivity contribution in [2.24, 2.45) is 29.6 Å². The SMILES string of the molecule is O=C(COc1ccccc1[C@@H]1c2sc(=O)[nH]c2S[C@@H]2[C@@H]3C[C@@H]([C@@H]4C(=O)N(c5cccc(C(F)(F)F)c5)C(=O)[C@@H]34)[C@H]12)Nc1ccc(O)cc1. The molecular formula is C34H26F3N3O6S2. The minimum atomic E-state index is -4.63. The number of rotatable bonds is 6. The Labute approximate surface area is 279 Å². The molecule has 3 heterocycles. The molecule has 9 nitrogen and oxygen atoms in total. The molecule has 3 aromatic carbocycles. The number of H-pyrrole nitrogens is 1. The first-order valence-corrected chi connectivity index (χ1v) is 16.9. The third kappa shape index (κ3) is 4.91. The third-order valence-corrected chi connectivity index (χ3v) is 12.5. The first kappa shape index (κ1) is 30.8. The number of benzene rings is 3. The molecule has 0 spiro atoms. The summed E-state index contributed by atoms with van der Waals surface area (Å²) in [5.74, 6) is -3.38. The molecular weight excluding hydrogens is 668 g/mol. The van der Waals surface area contributed by atoms with Gasteiger partial charge in [0.2, 0.25) is 11.8 Å². The summed E-state index contributed by atoms with van der Waals surface area (Å²) in [6.07, 6.45) is -4.04. The van der Waals surface area contributed by atoms with Crippen molar-refractivity contribution >= 4 is 52.2 Å². The topological polar surface area (TPSA) is 129 Å². The number of imide groups is 1. The summed E-state index contributed by atoms with van der Waals surface area (Å²) >= 11 is 2.57. The minimum absolute atomic E-state index is 0.0625. The smallest absolute Gasteiger partial charge is 0.416 e. The number of aromatic hydroxyl groups is 1. The van der Waals surface area contributed by atoms with Crippen LogP contribution in [0.3, 0.4) is 0 Å². The molecule has 1 saturated heterocycles. The van der Waals surface area contributed by atoms with Crippen LogP contribution < -0.4 is 19.8 Å². The molecule has 48 heavy (non-hydrogen) atoms. The van der Waals surface area contributed by atoms with E-state index in [1.54, 1.807) is 24.3 Å². The number of phenols is 1.